The molecular formula is C26H25F3N6O. The first kappa shape index (κ1) is 23.7. The predicted octanol–water partition coefficient (Wildman–Crippen LogP) is 5.31. The number of carbonyl (C=O) groups excluding carboxylic acids is 1. The summed E-state index contributed by atoms with van der Waals surface area (Å²) in [5.41, 5.74) is 3.50. The number of anilines is 1. The number of nitrogens with one attached hydrogen (secondary N) is 1. The van der Waals surface area contributed by atoms with Gasteiger partial charge in [-0.15, -0.1) is 0 Å². The van der Waals surface area contributed by atoms with E-state index < -0.39 is 24.2 Å². The molecule has 1 N–H and O–H groups in total. The number of halogens is 3. The molecule has 10 heteroatoms. The average Bonchev–Trinajstić information content (AvgIpc) is 3.53. The quantitative estimate of drug-likeness (QED) is 0.408. The van der Waals surface area contributed by atoms with E-state index in [4.69, 9.17) is 0 Å². The molecule has 0 fully saturated rings. The molecular weight excluding hydrogens is 469 g/mol. The van der Waals surface area contributed by atoms with Gasteiger partial charge in [0.1, 0.15) is 5.82 Å². The summed E-state index contributed by atoms with van der Waals surface area (Å²) in [4.78, 5) is 14.5. The highest BCUT2D eigenvalue weighted by atomic mass is 19.4. The lowest BCUT2D eigenvalue weighted by molar-refractivity contribution is -0.173. The fourth-order valence-corrected chi connectivity index (χ4v) is 4.41. The molecule has 2 atom stereocenters. The third kappa shape index (κ3) is 4.71. The summed E-state index contributed by atoms with van der Waals surface area (Å²) in [5.74, 6) is -0.280. The number of hydrogen-bond acceptors (Lipinski definition) is 4. The number of aromatic nitrogens is 4. The molecule has 1 amide bonds. The van der Waals surface area contributed by atoms with Crippen molar-refractivity contribution in [1.29, 1.82) is 0 Å². The SMILES string of the molecule is Cc1ccc(C2CC(C(F)(F)F)n3nc(C(=O)N(C)Cc4ccc(-n5cccn5)cc4)cc3N2)cc1. The molecule has 186 valence electrons. The van der Waals surface area contributed by atoms with E-state index in [9.17, 15) is 18.0 Å². The zero-order chi connectivity index (χ0) is 25.4. The number of amides is 1. The van der Waals surface area contributed by atoms with Crippen molar-refractivity contribution in [3.63, 3.8) is 0 Å². The van der Waals surface area contributed by atoms with Gasteiger partial charge in [0.05, 0.1) is 11.7 Å². The molecule has 5 rings (SSSR count). The first-order chi connectivity index (χ1) is 17.2. The van der Waals surface area contributed by atoms with Crippen molar-refractivity contribution in [2.45, 2.75) is 38.1 Å². The molecule has 1 aliphatic rings. The maximum absolute atomic E-state index is 14.0. The number of rotatable bonds is 5. The van der Waals surface area contributed by atoms with Crippen LogP contribution in [0.1, 0.15) is 45.7 Å². The Bertz CT molecular complexity index is 1340. The molecule has 2 aromatic heterocycles. The van der Waals surface area contributed by atoms with E-state index >= 15 is 0 Å². The lowest BCUT2D eigenvalue weighted by Crippen LogP contribution is -2.35. The Balaban J connectivity index is 1.35. The molecule has 2 aromatic carbocycles. The summed E-state index contributed by atoms with van der Waals surface area (Å²) in [6, 6.07) is 15.8. The van der Waals surface area contributed by atoms with E-state index in [0.29, 0.717) is 0 Å². The molecule has 0 radical (unpaired) electrons. The van der Waals surface area contributed by atoms with Crippen molar-refractivity contribution in [1.82, 2.24) is 24.5 Å². The Labute approximate surface area is 206 Å². The van der Waals surface area contributed by atoms with Crippen LogP contribution in [0.25, 0.3) is 5.69 Å². The lowest BCUT2D eigenvalue weighted by atomic mass is 9.96. The van der Waals surface area contributed by atoms with Gasteiger partial charge in [-0.25, -0.2) is 9.36 Å². The third-order valence-electron chi connectivity index (χ3n) is 6.36. The van der Waals surface area contributed by atoms with E-state index in [-0.39, 0.29) is 24.5 Å². The van der Waals surface area contributed by atoms with Crippen molar-refractivity contribution in [3.05, 3.63) is 95.4 Å². The molecule has 0 spiro atoms. The van der Waals surface area contributed by atoms with E-state index in [0.717, 1.165) is 27.1 Å². The normalized spacial score (nSPS) is 17.4. The maximum atomic E-state index is 14.0. The van der Waals surface area contributed by atoms with Gasteiger partial charge in [0.2, 0.25) is 0 Å². The molecule has 0 saturated heterocycles. The molecule has 0 aliphatic carbocycles. The summed E-state index contributed by atoms with van der Waals surface area (Å²) in [6.45, 7) is 2.20. The topological polar surface area (TPSA) is 68.0 Å². The number of carbonyl (C=O) groups is 1. The van der Waals surface area contributed by atoms with E-state index in [2.05, 4.69) is 15.5 Å². The van der Waals surface area contributed by atoms with Crippen molar-refractivity contribution in [2.75, 3.05) is 12.4 Å². The van der Waals surface area contributed by atoms with Crippen LogP contribution in [0.5, 0.6) is 0 Å². The van der Waals surface area contributed by atoms with Gasteiger partial charge < -0.3 is 10.2 Å². The standard InChI is InChI=1S/C26H25F3N6O/c1-17-4-8-19(9-5-17)21-14-23(26(27,28)29)35-24(31-21)15-22(32-35)25(36)33(2)16-18-6-10-20(11-7-18)34-13-3-12-30-34/h3-13,15,21,23,31H,14,16H2,1-2H3. The van der Waals surface area contributed by atoms with Gasteiger partial charge in [0, 0.05) is 38.5 Å². The smallest absolute Gasteiger partial charge is 0.363 e. The molecule has 4 aromatic rings. The van der Waals surface area contributed by atoms with Gasteiger partial charge in [-0.1, -0.05) is 42.0 Å². The highest BCUT2D eigenvalue weighted by molar-refractivity contribution is 5.93. The van der Waals surface area contributed by atoms with Crippen molar-refractivity contribution in [2.24, 2.45) is 0 Å². The molecule has 36 heavy (non-hydrogen) atoms. The molecule has 2 unspecified atom stereocenters. The number of nitrogens with zero attached hydrogens (tertiary/aromatic N) is 5. The van der Waals surface area contributed by atoms with Gasteiger partial charge >= 0.3 is 6.18 Å². The third-order valence-corrected chi connectivity index (χ3v) is 6.36. The van der Waals surface area contributed by atoms with Gasteiger partial charge in [-0.05, 0) is 36.2 Å². The minimum absolute atomic E-state index is 0.0352. The summed E-state index contributed by atoms with van der Waals surface area (Å²) in [7, 11) is 1.60. The second-order valence-corrected chi connectivity index (χ2v) is 9.04. The Morgan fingerprint density at radius 3 is 2.50 bits per heavy atom. The minimum atomic E-state index is -4.51. The van der Waals surface area contributed by atoms with Crippen molar-refractivity contribution < 1.29 is 18.0 Å². The van der Waals surface area contributed by atoms with E-state index in [1.807, 2.05) is 67.7 Å². The summed E-state index contributed by atoms with van der Waals surface area (Å²) < 4.78 is 44.5. The Hall–Kier alpha value is -4.08. The van der Waals surface area contributed by atoms with Crippen LogP contribution in [0.2, 0.25) is 0 Å². The monoisotopic (exact) mass is 494 g/mol. The molecule has 0 saturated carbocycles. The zero-order valence-electron chi connectivity index (χ0n) is 19.8. The largest absolute Gasteiger partial charge is 0.410 e. The van der Waals surface area contributed by atoms with Gasteiger partial charge in [0.25, 0.3) is 5.91 Å². The number of benzene rings is 2. The maximum Gasteiger partial charge on any atom is 0.410 e. The van der Waals surface area contributed by atoms with Crippen LogP contribution in [0.3, 0.4) is 0 Å². The van der Waals surface area contributed by atoms with Crippen LogP contribution >= 0.6 is 0 Å². The van der Waals surface area contributed by atoms with Crippen molar-refractivity contribution >= 4 is 11.7 Å². The molecule has 0 bridgehead atoms. The Morgan fingerprint density at radius 1 is 1.14 bits per heavy atom. The van der Waals surface area contributed by atoms with Gasteiger partial charge in [-0.3, -0.25) is 4.79 Å². The fraction of sp³-hybridized carbons (Fsp3) is 0.269. The predicted molar refractivity (Wildman–Crippen MR) is 129 cm³/mol. The van der Waals surface area contributed by atoms with Crippen LogP contribution in [0, 0.1) is 6.92 Å². The highest BCUT2D eigenvalue weighted by Gasteiger charge is 2.46. The van der Waals surface area contributed by atoms with E-state index in [1.165, 1.54) is 11.0 Å². The van der Waals surface area contributed by atoms with Gasteiger partial charge in [-0.2, -0.15) is 23.4 Å². The number of hydrogen-bond donors (Lipinski definition) is 1. The van der Waals surface area contributed by atoms with Crippen LogP contribution in [-0.4, -0.2) is 43.6 Å². The number of fused-ring (bicyclic) bond motifs is 1. The second kappa shape index (κ2) is 9.18. The summed E-state index contributed by atoms with van der Waals surface area (Å²) >= 11 is 0. The summed E-state index contributed by atoms with van der Waals surface area (Å²) in [5, 5.41) is 11.4. The average molecular weight is 495 g/mol. The van der Waals surface area contributed by atoms with Crippen molar-refractivity contribution in [3.8, 4) is 5.69 Å². The van der Waals surface area contributed by atoms with Crippen LogP contribution in [-0.2, 0) is 6.54 Å². The van der Waals surface area contributed by atoms with Crippen LogP contribution in [0.15, 0.2) is 73.1 Å². The first-order valence-electron chi connectivity index (χ1n) is 11.5. The second-order valence-electron chi connectivity index (χ2n) is 9.04. The lowest BCUT2D eigenvalue weighted by Gasteiger charge is -2.33. The first-order valence-corrected chi connectivity index (χ1v) is 11.5. The van der Waals surface area contributed by atoms with Gasteiger partial charge in [0.15, 0.2) is 11.7 Å². The van der Waals surface area contributed by atoms with E-state index in [1.54, 1.807) is 17.9 Å². The zero-order valence-corrected chi connectivity index (χ0v) is 19.8. The highest BCUT2D eigenvalue weighted by Crippen LogP contribution is 2.43. The number of aryl methyl sites for hydroxylation is 1. The molecule has 1 aliphatic heterocycles. The molecule has 7 nitrogen and oxygen atoms in total. The van der Waals surface area contributed by atoms with Crippen LogP contribution < -0.4 is 5.32 Å². The summed E-state index contributed by atoms with van der Waals surface area (Å²) in [6.07, 6.45) is -1.20. The fourth-order valence-electron chi connectivity index (χ4n) is 4.41. The Morgan fingerprint density at radius 2 is 1.86 bits per heavy atom. The number of alkyl halides is 3. The van der Waals surface area contributed by atoms with Crippen LogP contribution in [0.4, 0.5) is 19.0 Å². The molecule has 3 heterocycles. The Kier molecular flexibility index (Phi) is 6.03. The minimum Gasteiger partial charge on any atom is -0.363 e.